The van der Waals surface area contributed by atoms with Gasteiger partial charge >= 0.3 is 5.97 Å². The van der Waals surface area contributed by atoms with Gasteiger partial charge in [0.05, 0.1) is 18.8 Å². The van der Waals surface area contributed by atoms with Crippen molar-refractivity contribution in [3.63, 3.8) is 0 Å². The van der Waals surface area contributed by atoms with Gasteiger partial charge in [0.2, 0.25) is 0 Å². The molecule has 1 aromatic rings. The smallest absolute Gasteiger partial charge is 0.307 e. The summed E-state index contributed by atoms with van der Waals surface area (Å²) in [6.07, 6.45) is 1.34. The third-order valence-electron chi connectivity index (χ3n) is 3.70. The van der Waals surface area contributed by atoms with E-state index in [0.29, 0.717) is 18.8 Å². The van der Waals surface area contributed by atoms with Crippen molar-refractivity contribution in [2.45, 2.75) is 60.4 Å². The van der Waals surface area contributed by atoms with Crippen LogP contribution in [0.3, 0.4) is 0 Å². The van der Waals surface area contributed by atoms with Crippen molar-refractivity contribution < 1.29 is 14.3 Å². The van der Waals surface area contributed by atoms with E-state index in [1.165, 1.54) is 11.1 Å². The summed E-state index contributed by atoms with van der Waals surface area (Å²) in [5, 5.41) is 0. The van der Waals surface area contributed by atoms with Gasteiger partial charge in [0, 0.05) is 12.6 Å². The van der Waals surface area contributed by atoms with Crippen molar-refractivity contribution in [2.24, 2.45) is 0 Å². The molecule has 1 unspecified atom stereocenters. The molecular formula is C21H35NO3. The number of benzene rings is 1. The summed E-state index contributed by atoms with van der Waals surface area (Å²) in [4.78, 5) is 14.0. The Balaban J connectivity index is 0.00000134. The summed E-state index contributed by atoms with van der Waals surface area (Å²) >= 11 is 0. The van der Waals surface area contributed by atoms with Crippen LogP contribution in [0.4, 0.5) is 0 Å². The lowest BCUT2D eigenvalue weighted by atomic mass is 9.91. The average Bonchev–Trinajstić information content (AvgIpc) is 2.61. The molecular weight excluding hydrogens is 314 g/mol. The van der Waals surface area contributed by atoms with Crippen molar-refractivity contribution in [3.8, 4) is 5.75 Å². The Labute approximate surface area is 153 Å². The number of carbonyl (C=O) groups is 1. The average molecular weight is 350 g/mol. The zero-order chi connectivity index (χ0) is 19.4. The van der Waals surface area contributed by atoms with Crippen molar-refractivity contribution in [3.05, 3.63) is 41.7 Å². The lowest BCUT2D eigenvalue weighted by molar-refractivity contribution is -0.144. The van der Waals surface area contributed by atoms with Gasteiger partial charge < -0.3 is 9.47 Å². The number of rotatable bonds is 5. The normalized spacial score (nSPS) is 15.6. The van der Waals surface area contributed by atoms with Gasteiger partial charge in [-0.2, -0.15) is 0 Å². The number of carbonyl (C=O) groups excluding carboxylic acids is 1. The number of allylic oxidation sites excluding steroid dienone is 1. The molecule has 2 rings (SSSR count). The van der Waals surface area contributed by atoms with Crippen LogP contribution in [0.2, 0.25) is 0 Å². The van der Waals surface area contributed by atoms with Gasteiger partial charge in [-0.05, 0) is 50.6 Å². The molecule has 1 aliphatic rings. The highest BCUT2D eigenvalue weighted by Gasteiger charge is 2.27. The Morgan fingerprint density at radius 2 is 1.92 bits per heavy atom. The van der Waals surface area contributed by atoms with Crippen molar-refractivity contribution in [1.82, 2.24) is 4.90 Å². The molecule has 0 spiro atoms. The van der Waals surface area contributed by atoms with Crippen LogP contribution in [0.15, 0.2) is 30.5 Å². The molecule has 1 heterocycles. The van der Waals surface area contributed by atoms with E-state index in [9.17, 15) is 4.79 Å². The predicted molar refractivity (Wildman–Crippen MR) is 105 cm³/mol. The molecule has 0 bridgehead atoms. The summed E-state index contributed by atoms with van der Waals surface area (Å²) in [5.74, 6) is 1.33. The summed E-state index contributed by atoms with van der Waals surface area (Å²) in [5.41, 5.74) is 2.42. The first-order chi connectivity index (χ1) is 12.0. The number of ether oxygens (including phenoxy) is 2. The number of hydrogen-bond donors (Lipinski definition) is 0. The summed E-state index contributed by atoms with van der Waals surface area (Å²) in [6, 6.07) is 6.11. The molecule has 25 heavy (non-hydrogen) atoms. The summed E-state index contributed by atoms with van der Waals surface area (Å²) < 4.78 is 10.6. The van der Waals surface area contributed by atoms with Gasteiger partial charge in [0.1, 0.15) is 5.75 Å². The second-order valence-corrected chi connectivity index (χ2v) is 5.42. The fourth-order valence-corrected chi connectivity index (χ4v) is 2.72. The fraction of sp³-hybridized carbons (Fsp3) is 0.571. The van der Waals surface area contributed by atoms with Crippen LogP contribution in [-0.2, 0) is 16.0 Å². The van der Waals surface area contributed by atoms with Crippen LogP contribution in [0.5, 0.6) is 5.75 Å². The Morgan fingerprint density at radius 3 is 2.48 bits per heavy atom. The molecule has 1 aliphatic heterocycles. The minimum Gasteiger partial charge on any atom is -0.466 e. The highest BCUT2D eigenvalue weighted by molar-refractivity contribution is 5.70. The van der Waals surface area contributed by atoms with E-state index in [-0.39, 0.29) is 12.0 Å². The first-order valence-corrected chi connectivity index (χ1v) is 9.33. The number of likely N-dealkylation sites (N-methyl/N-ethyl adjacent to an activating group) is 1. The highest BCUT2D eigenvalue weighted by Crippen LogP contribution is 2.33. The van der Waals surface area contributed by atoms with E-state index >= 15 is 0 Å². The lowest BCUT2D eigenvalue weighted by Crippen LogP contribution is -2.33. The van der Waals surface area contributed by atoms with E-state index in [4.69, 9.17) is 9.47 Å². The molecule has 4 nitrogen and oxygen atoms in total. The Bertz CT molecular complexity index is 540. The maximum absolute atomic E-state index is 11.8. The zero-order valence-corrected chi connectivity index (χ0v) is 17.0. The van der Waals surface area contributed by atoms with E-state index in [1.54, 1.807) is 0 Å². The Hall–Kier alpha value is -1.81. The van der Waals surface area contributed by atoms with Crippen molar-refractivity contribution >= 4 is 5.97 Å². The predicted octanol–water partition coefficient (Wildman–Crippen LogP) is 5.13. The second-order valence-electron chi connectivity index (χ2n) is 5.42. The Morgan fingerprint density at radius 1 is 1.28 bits per heavy atom. The summed E-state index contributed by atoms with van der Waals surface area (Å²) in [6.45, 7) is 16.8. The van der Waals surface area contributed by atoms with Crippen LogP contribution in [-0.4, -0.2) is 31.1 Å². The minimum absolute atomic E-state index is 0.0756. The first kappa shape index (κ1) is 23.2. The largest absolute Gasteiger partial charge is 0.466 e. The minimum atomic E-state index is -0.149. The number of hydrogen-bond acceptors (Lipinski definition) is 4. The molecule has 0 fully saturated rings. The zero-order valence-electron chi connectivity index (χ0n) is 17.0. The van der Waals surface area contributed by atoms with Gasteiger partial charge in [-0.3, -0.25) is 9.69 Å². The molecule has 0 saturated carbocycles. The Kier molecular flexibility index (Phi) is 11.6. The quantitative estimate of drug-likeness (QED) is 0.545. The van der Waals surface area contributed by atoms with Gasteiger partial charge in [0.25, 0.3) is 0 Å². The molecule has 0 amide bonds. The molecule has 0 aromatic heterocycles. The van der Waals surface area contributed by atoms with Crippen molar-refractivity contribution in [2.75, 3.05) is 20.2 Å². The molecule has 142 valence electrons. The van der Waals surface area contributed by atoms with Gasteiger partial charge in [-0.25, -0.2) is 0 Å². The first-order valence-electron chi connectivity index (χ1n) is 9.33. The van der Waals surface area contributed by atoms with Crippen molar-refractivity contribution in [1.29, 1.82) is 0 Å². The molecule has 0 N–H and O–H groups in total. The van der Waals surface area contributed by atoms with E-state index < -0.39 is 0 Å². The van der Waals surface area contributed by atoms with Crippen LogP contribution < -0.4 is 4.74 Å². The standard InChI is InChI=1S/C17H23NO3.2C2H6/c1-5-20-17(19)11-16-15-7-6-14(21-12(2)3)10-13(15)8-9-18(16)4;2*1-2/h6-7,10,16H,2,5,8-9,11H2,1,3-4H3;2*1-2H3. The van der Waals surface area contributed by atoms with E-state index in [0.717, 1.165) is 18.7 Å². The number of nitrogens with zero attached hydrogens (tertiary/aromatic N) is 1. The van der Waals surface area contributed by atoms with E-state index in [1.807, 2.05) is 60.7 Å². The molecule has 1 aromatic carbocycles. The highest BCUT2D eigenvalue weighted by atomic mass is 16.5. The van der Waals surface area contributed by atoms with Gasteiger partial charge in [-0.15, -0.1) is 0 Å². The molecule has 0 radical (unpaired) electrons. The second kappa shape index (κ2) is 12.5. The topological polar surface area (TPSA) is 38.8 Å². The third kappa shape index (κ3) is 7.30. The molecule has 0 saturated heterocycles. The van der Waals surface area contributed by atoms with Gasteiger partial charge in [0.15, 0.2) is 0 Å². The molecule has 0 aliphatic carbocycles. The maximum Gasteiger partial charge on any atom is 0.307 e. The van der Waals surface area contributed by atoms with E-state index in [2.05, 4.69) is 17.5 Å². The maximum atomic E-state index is 11.8. The monoisotopic (exact) mass is 349 g/mol. The van der Waals surface area contributed by atoms with Gasteiger partial charge in [-0.1, -0.05) is 40.3 Å². The summed E-state index contributed by atoms with van der Waals surface area (Å²) in [7, 11) is 2.05. The van der Waals surface area contributed by atoms with Crippen LogP contribution in [0, 0.1) is 0 Å². The van der Waals surface area contributed by atoms with Crippen LogP contribution >= 0.6 is 0 Å². The number of esters is 1. The van der Waals surface area contributed by atoms with Crippen LogP contribution in [0.25, 0.3) is 0 Å². The van der Waals surface area contributed by atoms with Crippen LogP contribution in [0.1, 0.15) is 65.1 Å². The number of fused-ring (bicyclic) bond motifs is 1. The molecule has 1 atom stereocenters. The lowest BCUT2D eigenvalue weighted by Gasteiger charge is -2.34. The SMILES string of the molecule is C=C(C)Oc1ccc2c(c1)CCN(C)C2CC(=O)OCC.CC.CC. The third-order valence-corrected chi connectivity index (χ3v) is 3.70. The molecule has 4 heteroatoms. The fourth-order valence-electron chi connectivity index (χ4n) is 2.72.